The number of aromatic nitrogens is 4. The fourth-order valence-corrected chi connectivity index (χ4v) is 2.68. The molecular formula is C13H16FN5O4. The lowest BCUT2D eigenvalue weighted by Gasteiger charge is -2.32. The van der Waals surface area contributed by atoms with Gasteiger partial charge in [0, 0.05) is 0 Å². The van der Waals surface area contributed by atoms with Gasteiger partial charge in [-0.05, 0) is 12.5 Å². The number of aliphatic hydroxyl groups excluding tert-OH is 2. The first-order valence-corrected chi connectivity index (χ1v) is 6.72. The lowest BCUT2D eigenvalue weighted by atomic mass is 9.87. The Morgan fingerprint density at radius 1 is 1.52 bits per heavy atom. The molecule has 1 saturated heterocycles. The Hall–Kier alpha value is -2.14. The number of hydrogen-bond donors (Lipinski definition) is 4. The zero-order valence-electron chi connectivity index (χ0n) is 12.2. The van der Waals surface area contributed by atoms with Crippen LogP contribution in [0.1, 0.15) is 13.2 Å². The molecule has 23 heavy (non-hydrogen) atoms. The van der Waals surface area contributed by atoms with Crippen LogP contribution in [-0.4, -0.2) is 59.0 Å². The Balaban J connectivity index is 2.20. The van der Waals surface area contributed by atoms with E-state index in [0.29, 0.717) is 0 Å². The molecule has 124 valence electrons. The molecule has 0 spiro atoms. The van der Waals surface area contributed by atoms with Crippen molar-refractivity contribution in [1.82, 2.24) is 19.5 Å². The monoisotopic (exact) mass is 325 g/mol. The number of halogens is 1. The second kappa shape index (κ2) is 4.93. The predicted molar refractivity (Wildman–Crippen MR) is 76.6 cm³/mol. The van der Waals surface area contributed by atoms with Crippen LogP contribution < -0.4 is 5.73 Å². The van der Waals surface area contributed by atoms with Gasteiger partial charge in [0.1, 0.15) is 18.5 Å². The van der Waals surface area contributed by atoms with E-state index in [4.69, 9.17) is 10.5 Å². The van der Waals surface area contributed by atoms with E-state index in [1.807, 2.05) is 0 Å². The maximum absolute atomic E-state index is 14.6. The third-order valence-electron chi connectivity index (χ3n) is 4.05. The first-order valence-electron chi connectivity index (χ1n) is 6.72. The van der Waals surface area contributed by atoms with Crippen molar-refractivity contribution in [1.29, 1.82) is 0 Å². The van der Waals surface area contributed by atoms with E-state index < -0.39 is 30.4 Å². The van der Waals surface area contributed by atoms with Crippen molar-refractivity contribution in [3.63, 3.8) is 0 Å². The van der Waals surface area contributed by atoms with Crippen LogP contribution in [0.15, 0.2) is 24.8 Å². The van der Waals surface area contributed by atoms with Crippen LogP contribution in [0.5, 0.6) is 0 Å². The Labute approximate surface area is 129 Å². The highest BCUT2D eigenvalue weighted by Crippen LogP contribution is 2.48. The molecule has 0 aliphatic carbocycles. The van der Waals surface area contributed by atoms with Gasteiger partial charge in [0.15, 0.2) is 29.4 Å². The Bertz CT molecular complexity index is 783. The zero-order chi connectivity index (χ0) is 17.0. The second-order valence-corrected chi connectivity index (χ2v) is 5.51. The molecule has 0 saturated carbocycles. The first kappa shape index (κ1) is 15.7. The SMILES string of the molecule is C=C(C)[C@]1(O)[C@H](n2cnc3c(N)ncnc32)O[C@](F)(CO)[C@H]1O. The van der Waals surface area contributed by atoms with Crippen LogP contribution in [0.4, 0.5) is 10.2 Å². The molecule has 2 aromatic rings. The van der Waals surface area contributed by atoms with Crippen LogP contribution in [0.2, 0.25) is 0 Å². The number of nitrogen functional groups attached to an aromatic ring is 1. The molecule has 1 aliphatic rings. The minimum atomic E-state index is -2.87. The summed E-state index contributed by atoms with van der Waals surface area (Å²) in [5, 5.41) is 30.2. The summed E-state index contributed by atoms with van der Waals surface area (Å²) in [7, 11) is 0. The number of anilines is 1. The van der Waals surface area contributed by atoms with Crippen molar-refractivity contribution < 1.29 is 24.4 Å². The Morgan fingerprint density at radius 3 is 2.83 bits per heavy atom. The number of alkyl halides is 1. The van der Waals surface area contributed by atoms with Gasteiger partial charge < -0.3 is 25.8 Å². The van der Waals surface area contributed by atoms with E-state index in [2.05, 4.69) is 21.5 Å². The third-order valence-corrected chi connectivity index (χ3v) is 4.05. The molecule has 9 nitrogen and oxygen atoms in total. The summed E-state index contributed by atoms with van der Waals surface area (Å²) in [6.45, 7) is 3.85. The van der Waals surface area contributed by atoms with Gasteiger partial charge in [0.05, 0.1) is 6.33 Å². The molecule has 2 aromatic heterocycles. The minimum absolute atomic E-state index is 0.0480. The van der Waals surface area contributed by atoms with E-state index in [1.54, 1.807) is 0 Å². The van der Waals surface area contributed by atoms with Crippen molar-refractivity contribution in [3.05, 3.63) is 24.8 Å². The fourth-order valence-electron chi connectivity index (χ4n) is 2.68. The average Bonchev–Trinajstić information content (AvgIpc) is 3.03. The van der Waals surface area contributed by atoms with E-state index in [0.717, 1.165) is 0 Å². The molecule has 0 aromatic carbocycles. The van der Waals surface area contributed by atoms with Gasteiger partial charge in [-0.3, -0.25) is 4.57 Å². The average molecular weight is 325 g/mol. The zero-order valence-corrected chi connectivity index (χ0v) is 12.2. The lowest BCUT2D eigenvalue weighted by Crippen LogP contribution is -2.51. The van der Waals surface area contributed by atoms with Crippen molar-refractivity contribution in [2.24, 2.45) is 0 Å². The standard InChI is InChI=1S/C13H16FN5O4/c1-6(2)13(22)10(21)12(14,3-20)23-11(13)19-5-18-7-8(15)16-4-17-9(7)19/h4-5,10-11,20-22H,1,3H2,2H3,(H2,15,16,17)/t10-,11-,12-,13-/m1/s1. The van der Waals surface area contributed by atoms with Gasteiger partial charge >= 0.3 is 0 Å². The lowest BCUT2D eigenvalue weighted by molar-refractivity contribution is -0.206. The molecule has 1 fully saturated rings. The molecular weight excluding hydrogens is 309 g/mol. The van der Waals surface area contributed by atoms with E-state index in [-0.39, 0.29) is 22.6 Å². The van der Waals surface area contributed by atoms with Crippen LogP contribution in [0, 0.1) is 0 Å². The smallest absolute Gasteiger partial charge is 0.263 e. The first-order chi connectivity index (χ1) is 10.8. The van der Waals surface area contributed by atoms with Gasteiger partial charge in [0.25, 0.3) is 5.85 Å². The molecule has 3 rings (SSSR count). The topological polar surface area (TPSA) is 140 Å². The third kappa shape index (κ3) is 1.96. The molecule has 10 heteroatoms. The highest BCUT2D eigenvalue weighted by Gasteiger charge is 2.65. The van der Waals surface area contributed by atoms with Crippen molar-refractivity contribution in [2.75, 3.05) is 12.3 Å². The second-order valence-electron chi connectivity index (χ2n) is 5.51. The largest absolute Gasteiger partial charge is 0.390 e. The van der Waals surface area contributed by atoms with E-state index in [9.17, 15) is 19.7 Å². The fraction of sp³-hybridized carbons (Fsp3) is 0.462. The highest BCUT2D eigenvalue weighted by molar-refractivity contribution is 5.81. The summed E-state index contributed by atoms with van der Waals surface area (Å²) in [5.41, 5.74) is 3.94. The van der Waals surface area contributed by atoms with Crippen LogP contribution in [0.25, 0.3) is 11.2 Å². The Kier molecular flexibility index (Phi) is 3.37. The van der Waals surface area contributed by atoms with Gasteiger partial charge in [0.2, 0.25) is 0 Å². The maximum atomic E-state index is 14.6. The summed E-state index contributed by atoms with van der Waals surface area (Å²) in [4.78, 5) is 11.8. The quantitative estimate of drug-likeness (QED) is 0.541. The van der Waals surface area contributed by atoms with Gasteiger partial charge in [-0.2, -0.15) is 0 Å². The predicted octanol–water partition coefficient (Wildman–Crippen LogP) is -0.737. The molecule has 1 aliphatic heterocycles. The number of imidazole rings is 1. The van der Waals surface area contributed by atoms with Crippen molar-refractivity contribution in [3.8, 4) is 0 Å². The number of aliphatic hydroxyl groups is 3. The number of nitrogens with two attached hydrogens (primary N) is 1. The highest BCUT2D eigenvalue weighted by atomic mass is 19.2. The number of fused-ring (bicyclic) bond motifs is 1. The molecule has 0 bridgehead atoms. The molecule has 5 N–H and O–H groups in total. The summed E-state index contributed by atoms with van der Waals surface area (Å²) in [6.07, 6.45) is -1.11. The Morgan fingerprint density at radius 2 is 2.22 bits per heavy atom. The number of nitrogens with zero attached hydrogens (tertiary/aromatic N) is 4. The molecule has 0 radical (unpaired) electrons. The van der Waals surface area contributed by atoms with Crippen molar-refractivity contribution >= 4 is 17.0 Å². The normalized spacial score (nSPS) is 34.1. The van der Waals surface area contributed by atoms with E-state index >= 15 is 0 Å². The number of hydrogen-bond acceptors (Lipinski definition) is 8. The summed E-state index contributed by atoms with van der Waals surface area (Å²) in [5.74, 6) is -2.77. The molecule has 3 heterocycles. The van der Waals surface area contributed by atoms with Crippen LogP contribution in [0.3, 0.4) is 0 Å². The van der Waals surface area contributed by atoms with Gasteiger partial charge in [-0.1, -0.05) is 6.58 Å². The molecule has 0 unspecified atom stereocenters. The minimum Gasteiger partial charge on any atom is -0.390 e. The van der Waals surface area contributed by atoms with Crippen LogP contribution >= 0.6 is 0 Å². The maximum Gasteiger partial charge on any atom is 0.263 e. The molecule has 4 atom stereocenters. The number of rotatable bonds is 3. The summed E-state index contributed by atoms with van der Waals surface area (Å²) in [6, 6.07) is 0. The summed E-state index contributed by atoms with van der Waals surface area (Å²) < 4.78 is 20.9. The van der Waals surface area contributed by atoms with Gasteiger partial charge in [-0.25, -0.2) is 19.3 Å². The van der Waals surface area contributed by atoms with Gasteiger partial charge in [-0.15, -0.1) is 0 Å². The summed E-state index contributed by atoms with van der Waals surface area (Å²) >= 11 is 0. The molecule has 0 amide bonds. The number of ether oxygens (including phenoxy) is 1. The van der Waals surface area contributed by atoms with Crippen LogP contribution in [-0.2, 0) is 4.74 Å². The van der Waals surface area contributed by atoms with Crippen molar-refractivity contribution in [2.45, 2.75) is 30.7 Å². The van der Waals surface area contributed by atoms with E-state index in [1.165, 1.54) is 24.1 Å².